The first kappa shape index (κ1) is 30.5. The number of halogens is 2. The Labute approximate surface area is 240 Å². The largest absolute Gasteiger partial charge is 0.352 e. The van der Waals surface area contributed by atoms with E-state index >= 15 is 0 Å². The van der Waals surface area contributed by atoms with Crippen molar-refractivity contribution < 1.29 is 18.0 Å². The number of amides is 2. The fraction of sp³-hybridized carbons (Fsp3) is 0.310. The molecule has 0 aliphatic heterocycles. The molecule has 0 bridgehead atoms. The molecule has 0 fully saturated rings. The predicted molar refractivity (Wildman–Crippen MR) is 157 cm³/mol. The molecule has 0 saturated carbocycles. The maximum atomic E-state index is 13.9. The Hall–Kier alpha value is -3.07. The monoisotopic (exact) mass is 589 g/mol. The number of benzene rings is 3. The van der Waals surface area contributed by atoms with Crippen LogP contribution in [0.2, 0.25) is 10.0 Å². The number of sulfonamides is 1. The third-order valence-corrected chi connectivity index (χ3v) is 8.88. The van der Waals surface area contributed by atoms with Gasteiger partial charge in [0.2, 0.25) is 11.8 Å². The molecule has 0 saturated heterocycles. The molecule has 0 heterocycles. The Kier molecular flexibility index (Phi) is 10.4. The predicted octanol–water partition coefficient (Wildman–Crippen LogP) is 5.83. The van der Waals surface area contributed by atoms with Crippen LogP contribution in [0.3, 0.4) is 0 Å². The van der Waals surface area contributed by atoms with Crippen LogP contribution in [0.1, 0.15) is 38.3 Å². The number of nitrogens with one attached hydrogen (secondary N) is 1. The van der Waals surface area contributed by atoms with Gasteiger partial charge in [0.1, 0.15) is 12.6 Å². The number of aryl methyl sites for hydroxylation is 1. The highest BCUT2D eigenvalue weighted by molar-refractivity contribution is 7.92. The molecule has 0 unspecified atom stereocenters. The van der Waals surface area contributed by atoms with Gasteiger partial charge in [0.25, 0.3) is 10.0 Å². The van der Waals surface area contributed by atoms with Crippen molar-refractivity contribution in [1.29, 1.82) is 0 Å². The lowest BCUT2D eigenvalue weighted by molar-refractivity contribution is -0.139. The highest BCUT2D eigenvalue weighted by Crippen LogP contribution is 2.27. The Balaban J connectivity index is 2.03. The molecular weight excluding hydrogens is 557 g/mol. The first-order chi connectivity index (χ1) is 18.4. The lowest BCUT2D eigenvalue weighted by Crippen LogP contribution is -2.52. The minimum atomic E-state index is -4.15. The van der Waals surface area contributed by atoms with E-state index in [1.165, 1.54) is 17.0 Å². The Morgan fingerprint density at radius 2 is 1.54 bits per heavy atom. The molecule has 1 N–H and O–H groups in total. The summed E-state index contributed by atoms with van der Waals surface area (Å²) in [6, 6.07) is 18.6. The van der Waals surface area contributed by atoms with Crippen LogP contribution in [-0.2, 0) is 26.2 Å². The van der Waals surface area contributed by atoms with Gasteiger partial charge in [-0.3, -0.25) is 13.9 Å². The molecule has 10 heteroatoms. The number of carbonyl (C=O) groups excluding carboxylic acids is 2. The molecule has 0 aliphatic rings. The van der Waals surface area contributed by atoms with Crippen LogP contribution >= 0.6 is 23.2 Å². The van der Waals surface area contributed by atoms with Crippen LogP contribution in [0.25, 0.3) is 0 Å². The minimum Gasteiger partial charge on any atom is -0.352 e. The maximum absolute atomic E-state index is 13.9. The van der Waals surface area contributed by atoms with Crippen molar-refractivity contribution in [3.05, 3.63) is 94.0 Å². The zero-order chi connectivity index (χ0) is 28.7. The van der Waals surface area contributed by atoms with Crippen LogP contribution in [0.4, 0.5) is 5.69 Å². The van der Waals surface area contributed by atoms with Crippen molar-refractivity contribution in [3.8, 4) is 0 Å². The molecule has 3 aromatic carbocycles. The summed E-state index contributed by atoms with van der Waals surface area (Å²) in [6.45, 7) is 6.78. The van der Waals surface area contributed by atoms with Gasteiger partial charge in [-0.25, -0.2) is 8.42 Å². The molecule has 3 rings (SSSR count). The highest BCUT2D eigenvalue weighted by Gasteiger charge is 2.33. The van der Waals surface area contributed by atoms with Crippen LogP contribution < -0.4 is 9.62 Å². The standard InChI is InChI=1S/C29H33Cl2N3O4S/c1-5-21(3)32-29(36)22(4)33(18-23-8-6-7-9-27(23)31)28(35)19-34(25-14-12-24(30)13-15-25)39(37,38)26-16-10-20(2)11-17-26/h6-17,21-22H,5,18-19H2,1-4H3,(H,32,36)/t21-,22-/m1/s1. The topological polar surface area (TPSA) is 86.8 Å². The van der Waals surface area contributed by atoms with Gasteiger partial charge in [0.15, 0.2) is 0 Å². The average molecular weight is 591 g/mol. The molecule has 39 heavy (non-hydrogen) atoms. The van der Waals surface area contributed by atoms with Crippen molar-refractivity contribution in [2.75, 3.05) is 10.8 Å². The SMILES string of the molecule is CC[C@@H](C)NC(=O)[C@@H](C)N(Cc1ccccc1Cl)C(=O)CN(c1ccc(Cl)cc1)S(=O)(=O)c1ccc(C)cc1. The fourth-order valence-corrected chi connectivity index (χ4v) is 5.57. The maximum Gasteiger partial charge on any atom is 0.264 e. The first-order valence-electron chi connectivity index (χ1n) is 12.6. The smallest absolute Gasteiger partial charge is 0.264 e. The Morgan fingerprint density at radius 1 is 0.923 bits per heavy atom. The van der Waals surface area contributed by atoms with E-state index < -0.39 is 28.5 Å². The van der Waals surface area contributed by atoms with E-state index in [1.807, 2.05) is 20.8 Å². The van der Waals surface area contributed by atoms with E-state index in [0.717, 1.165) is 16.3 Å². The number of anilines is 1. The van der Waals surface area contributed by atoms with Gasteiger partial charge in [-0.05, 0) is 75.2 Å². The summed E-state index contributed by atoms with van der Waals surface area (Å²) in [5.74, 6) is -0.906. The highest BCUT2D eigenvalue weighted by atomic mass is 35.5. The summed E-state index contributed by atoms with van der Waals surface area (Å²) in [5, 5.41) is 3.77. The van der Waals surface area contributed by atoms with E-state index in [4.69, 9.17) is 23.2 Å². The molecular formula is C29H33Cl2N3O4S. The van der Waals surface area contributed by atoms with E-state index in [-0.39, 0.29) is 29.1 Å². The molecule has 208 valence electrons. The lowest BCUT2D eigenvalue weighted by atomic mass is 10.1. The van der Waals surface area contributed by atoms with Crippen LogP contribution in [0.5, 0.6) is 0 Å². The summed E-state index contributed by atoms with van der Waals surface area (Å²) in [6.07, 6.45) is 0.718. The zero-order valence-corrected chi connectivity index (χ0v) is 24.7. The third-order valence-electron chi connectivity index (χ3n) is 6.47. The van der Waals surface area contributed by atoms with Crippen LogP contribution in [0.15, 0.2) is 77.7 Å². The second-order valence-corrected chi connectivity index (χ2v) is 12.1. The van der Waals surface area contributed by atoms with Gasteiger partial charge in [0.05, 0.1) is 10.6 Å². The van der Waals surface area contributed by atoms with Gasteiger partial charge >= 0.3 is 0 Å². The van der Waals surface area contributed by atoms with E-state index in [2.05, 4.69) is 5.32 Å². The molecule has 0 spiro atoms. The number of rotatable bonds is 11. The number of nitrogens with zero attached hydrogens (tertiary/aromatic N) is 2. The second-order valence-electron chi connectivity index (χ2n) is 9.41. The summed E-state index contributed by atoms with van der Waals surface area (Å²) < 4.78 is 28.7. The van der Waals surface area contributed by atoms with Gasteiger partial charge in [-0.1, -0.05) is 66.0 Å². The molecule has 3 aromatic rings. The van der Waals surface area contributed by atoms with Gasteiger partial charge in [-0.15, -0.1) is 0 Å². The minimum absolute atomic E-state index is 0.0205. The number of hydrogen-bond acceptors (Lipinski definition) is 4. The van der Waals surface area contributed by atoms with E-state index in [0.29, 0.717) is 15.6 Å². The van der Waals surface area contributed by atoms with Crippen molar-refractivity contribution in [2.24, 2.45) is 0 Å². The quantitative estimate of drug-likeness (QED) is 0.305. The number of hydrogen-bond donors (Lipinski definition) is 1. The van der Waals surface area contributed by atoms with E-state index in [9.17, 15) is 18.0 Å². The Bertz CT molecular complexity index is 1400. The Morgan fingerprint density at radius 3 is 2.13 bits per heavy atom. The van der Waals surface area contributed by atoms with Crippen molar-refractivity contribution in [3.63, 3.8) is 0 Å². The molecule has 0 radical (unpaired) electrons. The second kappa shape index (κ2) is 13.3. The summed E-state index contributed by atoms with van der Waals surface area (Å²) >= 11 is 12.4. The summed E-state index contributed by atoms with van der Waals surface area (Å²) in [4.78, 5) is 28.4. The third kappa shape index (κ3) is 7.75. The molecule has 7 nitrogen and oxygen atoms in total. The normalized spacial score (nSPS) is 12.9. The van der Waals surface area contributed by atoms with E-state index in [1.54, 1.807) is 67.6 Å². The molecule has 0 aromatic heterocycles. The number of carbonyl (C=O) groups is 2. The van der Waals surface area contributed by atoms with Crippen molar-refractivity contribution >= 4 is 50.7 Å². The lowest BCUT2D eigenvalue weighted by Gasteiger charge is -2.32. The first-order valence-corrected chi connectivity index (χ1v) is 14.8. The van der Waals surface area contributed by atoms with Crippen LogP contribution in [0, 0.1) is 6.92 Å². The fourth-order valence-electron chi connectivity index (χ4n) is 3.83. The summed E-state index contributed by atoms with van der Waals surface area (Å²) in [7, 11) is -4.15. The van der Waals surface area contributed by atoms with Gasteiger partial charge in [-0.2, -0.15) is 0 Å². The summed E-state index contributed by atoms with van der Waals surface area (Å²) in [5.41, 5.74) is 1.80. The molecule has 2 atom stereocenters. The average Bonchev–Trinajstić information content (AvgIpc) is 2.91. The molecule has 0 aliphatic carbocycles. The zero-order valence-electron chi connectivity index (χ0n) is 22.4. The molecule has 2 amide bonds. The van der Waals surface area contributed by atoms with Crippen LogP contribution in [-0.4, -0.2) is 43.8 Å². The van der Waals surface area contributed by atoms with Crippen molar-refractivity contribution in [2.45, 2.75) is 57.6 Å². The van der Waals surface area contributed by atoms with Crippen molar-refractivity contribution in [1.82, 2.24) is 10.2 Å². The van der Waals surface area contributed by atoms with Gasteiger partial charge < -0.3 is 10.2 Å². The van der Waals surface area contributed by atoms with Gasteiger partial charge in [0, 0.05) is 22.6 Å².